The lowest BCUT2D eigenvalue weighted by atomic mass is 10.1. The molecule has 6 rings (SSSR count). The van der Waals surface area contributed by atoms with Crippen molar-refractivity contribution < 1.29 is 9.53 Å². The van der Waals surface area contributed by atoms with Crippen LogP contribution in [0.15, 0.2) is 85.5 Å². The Hall–Kier alpha value is -4.28. The highest BCUT2D eigenvalue weighted by Gasteiger charge is 2.26. The average molecular weight is 617 g/mol. The fourth-order valence-corrected chi connectivity index (χ4v) is 4.94. The number of amides is 1. The van der Waals surface area contributed by atoms with Crippen molar-refractivity contribution in [1.82, 2.24) is 30.2 Å². The number of halogens is 1. The first kappa shape index (κ1) is 32.6. The number of aromatic nitrogens is 4. The van der Waals surface area contributed by atoms with Gasteiger partial charge in [0.05, 0.1) is 0 Å². The number of nitrogens with zero attached hydrogens (tertiary/aromatic N) is 7. The molecule has 44 heavy (non-hydrogen) atoms. The number of rotatable bonds is 4. The average Bonchev–Trinajstić information content (AvgIpc) is 3.06. The first-order valence-corrected chi connectivity index (χ1v) is 14.8. The van der Waals surface area contributed by atoms with E-state index in [-0.39, 0.29) is 18.5 Å². The maximum atomic E-state index is 12.1. The van der Waals surface area contributed by atoms with Crippen molar-refractivity contribution in [2.75, 3.05) is 62.2 Å². The summed E-state index contributed by atoms with van der Waals surface area (Å²) in [5.74, 6) is 1.51. The number of carbonyl (C=O) groups is 1. The number of ether oxygens (including phenoxy) is 1. The molecule has 11 heteroatoms. The molecule has 0 atom stereocenters. The molecule has 2 fully saturated rings. The van der Waals surface area contributed by atoms with Crippen LogP contribution in [0, 0.1) is 0 Å². The van der Waals surface area contributed by atoms with Crippen molar-refractivity contribution in [3.05, 3.63) is 85.5 Å². The summed E-state index contributed by atoms with van der Waals surface area (Å²) in [6.45, 7) is 12.8. The number of nitrogens with one attached hydrogen (secondary N) is 1. The molecule has 0 radical (unpaired) electrons. The largest absolute Gasteiger partial charge is 0.444 e. The molecule has 2 aromatic carbocycles. The van der Waals surface area contributed by atoms with E-state index in [1.165, 1.54) is 5.69 Å². The molecule has 0 saturated carbocycles. The minimum atomic E-state index is -0.455. The van der Waals surface area contributed by atoms with E-state index in [4.69, 9.17) is 4.74 Å². The van der Waals surface area contributed by atoms with Gasteiger partial charge in [0.1, 0.15) is 5.60 Å². The quantitative estimate of drug-likeness (QED) is 0.333. The summed E-state index contributed by atoms with van der Waals surface area (Å²) in [4.78, 5) is 35.6. The van der Waals surface area contributed by atoms with E-state index < -0.39 is 5.60 Å². The van der Waals surface area contributed by atoms with Crippen molar-refractivity contribution in [3.63, 3.8) is 0 Å². The molecule has 10 nitrogen and oxygen atoms in total. The molecule has 2 aliphatic heterocycles. The van der Waals surface area contributed by atoms with Crippen LogP contribution in [0.1, 0.15) is 20.8 Å². The van der Waals surface area contributed by atoms with E-state index in [0.29, 0.717) is 13.1 Å². The first-order chi connectivity index (χ1) is 20.9. The third-order valence-corrected chi connectivity index (χ3v) is 7.16. The lowest BCUT2D eigenvalue weighted by molar-refractivity contribution is 0.0240. The summed E-state index contributed by atoms with van der Waals surface area (Å²) < 4.78 is 5.44. The third-order valence-electron chi connectivity index (χ3n) is 7.16. The van der Waals surface area contributed by atoms with Crippen molar-refractivity contribution in [2.45, 2.75) is 26.4 Å². The maximum absolute atomic E-state index is 12.1. The summed E-state index contributed by atoms with van der Waals surface area (Å²) in [7, 11) is 0. The summed E-state index contributed by atoms with van der Waals surface area (Å²) >= 11 is 0. The number of hydrogen-bond acceptors (Lipinski definition) is 9. The van der Waals surface area contributed by atoms with Crippen molar-refractivity contribution in [3.8, 4) is 22.8 Å². The molecule has 232 valence electrons. The number of piperazine rings is 2. The van der Waals surface area contributed by atoms with Gasteiger partial charge >= 0.3 is 6.09 Å². The summed E-state index contributed by atoms with van der Waals surface area (Å²) in [5, 5.41) is 3.36. The van der Waals surface area contributed by atoms with Crippen LogP contribution in [-0.4, -0.2) is 88.9 Å². The molecule has 0 spiro atoms. The summed E-state index contributed by atoms with van der Waals surface area (Å²) in [5.41, 5.74) is 4.02. The Morgan fingerprint density at radius 2 is 1.07 bits per heavy atom. The van der Waals surface area contributed by atoms with Gasteiger partial charge in [-0.25, -0.2) is 24.7 Å². The smallest absolute Gasteiger partial charge is 0.410 e. The fraction of sp³-hybridized carbons (Fsp3) is 0.364. The van der Waals surface area contributed by atoms with Gasteiger partial charge < -0.3 is 24.8 Å². The zero-order valence-electron chi connectivity index (χ0n) is 25.6. The Labute approximate surface area is 265 Å². The predicted octanol–water partition coefficient (Wildman–Crippen LogP) is 5.18. The molecule has 0 bridgehead atoms. The van der Waals surface area contributed by atoms with Crippen LogP contribution >= 0.6 is 12.4 Å². The molecule has 2 aliphatic rings. The Morgan fingerprint density at radius 1 is 0.659 bits per heavy atom. The van der Waals surface area contributed by atoms with Gasteiger partial charge in [0.25, 0.3) is 0 Å². The van der Waals surface area contributed by atoms with Crippen molar-refractivity contribution in [1.29, 1.82) is 0 Å². The van der Waals surface area contributed by atoms with Crippen LogP contribution in [0.25, 0.3) is 22.8 Å². The fourth-order valence-electron chi connectivity index (χ4n) is 4.94. The zero-order valence-corrected chi connectivity index (χ0v) is 26.4. The highest BCUT2D eigenvalue weighted by Crippen LogP contribution is 2.23. The van der Waals surface area contributed by atoms with Gasteiger partial charge in [-0.3, -0.25) is 0 Å². The summed E-state index contributed by atoms with van der Waals surface area (Å²) in [6, 6.07) is 20.3. The minimum absolute atomic E-state index is 0. The van der Waals surface area contributed by atoms with Crippen molar-refractivity contribution >= 4 is 29.9 Å². The Balaban J connectivity index is 0.000000206. The van der Waals surface area contributed by atoms with Crippen molar-refractivity contribution in [2.24, 2.45) is 0 Å². The number of benzene rings is 2. The van der Waals surface area contributed by atoms with E-state index in [0.717, 1.165) is 67.7 Å². The molecule has 2 aromatic heterocycles. The number of anilines is 2. The molecule has 1 N–H and O–H groups in total. The van der Waals surface area contributed by atoms with E-state index in [1.54, 1.807) is 29.7 Å². The number of hydrogen-bond donors (Lipinski definition) is 1. The molecule has 0 aliphatic carbocycles. The van der Waals surface area contributed by atoms with E-state index in [9.17, 15) is 4.79 Å². The first-order valence-electron chi connectivity index (χ1n) is 14.8. The van der Waals surface area contributed by atoms with Gasteiger partial charge in [-0.15, -0.1) is 12.4 Å². The second kappa shape index (κ2) is 15.4. The predicted molar refractivity (Wildman–Crippen MR) is 177 cm³/mol. The van der Waals surface area contributed by atoms with Gasteiger partial charge in [-0.2, -0.15) is 0 Å². The van der Waals surface area contributed by atoms with Gasteiger partial charge in [0.2, 0.25) is 0 Å². The monoisotopic (exact) mass is 616 g/mol. The Morgan fingerprint density at radius 3 is 1.48 bits per heavy atom. The topological polar surface area (TPSA) is 99.6 Å². The van der Waals surface area contributed by atoms with Gasteiger partial charge in [-0.1, -0.05) is 0 Å². The van der Waals surface area contributed by atoms with Crippen LogP contribution < -0.4 is 15.1 Å². The SMILES string of the molecule is CC(C)(C)OC(=O)N1CCN(c2ccc(-c3ncccn3)cc2)CC1.Cl.c1cnc(-c2ccc(N3CCNCC3)cc2)nc1. The van der Waals surface area contributed by atoms with E-state index in [1.807, 2.05) is 45.0 Å². The van der Waals surface area contributed by atoms with Crippen LogP contribution in [0.5, 0.6) is 0 Å². The Kier molecular flexibility index (Phi) is 11.5. The minimum Gasteiger partial charge on any atom is -0.444 e. The lowest BCUT2D eigenvalue weighted by Gasteiger charge is -2.36. The normalized spacial score (nSPS) is 15.0. The van der Waals surface area contributed by atoms with Crippen LogP contribution in [-0.2, 0) is 4.74 Å². The number of carbonyl (C=O) groups excluding carboxylic acids is 1. The second-order valence-electron chi connectivity index (χ2n) is 11.4. The Bertz CT molecular complexity index is 1420. The maximum Gasteiger partial charge on any atom is 0.410 e. The van der Waals surface area contributed by atoms with Crippen LogP contribution in [0.4, 0.5) is 16.2 Å². The lowest BCUT2D eigenvalue weighted by Crippen LogP contribution is -2.50. The third kappa shape index (κ3) is 9.11. The molecule has 4 aromatic rings. The van der Waals surface area contributed by atoms with E-state index >= 15 is 0 Å². The van der Waals surface area contributed by atoms with Gasteiger partial charge in [-0.05, 0) is 81.4 Å². The molecule has 4 heterocycles. The molecule has 0 unspecified atom stereocenters. The van der Waals surface area contributed by atoms with E-state index in [2.05, 4.69) is 71.5 Å². The van der Waals surface area contributed by atoms with Gasteiger partial charge in [0.15, 0.2) is 11.6 Å². The van der Waals surface area contributed by atoms with Crippen LogP contribution in [0.3, 0.4) is 0 Å². The zero-order chi connectivity index (χ0) is 30.1. The molecular weight excluding hydrogens is 576 g/mol. The van der Waals surface area contributed by atoms with Gasteiger partial charge in [0, 0.05) is 99.6 Å². The summed E-state index contributed by atoms with van der Waals surface area (Å²) in [6.07, 6.45) is 6.79. The highest BCUT2D eigenvalue weighted by atomic mass is 35.5. The second-order valence-corrected chi connectivity index (χ2v) is 11.4. The molecule has 1 amide bonds. The molecular formula is C33H41ClN8O2. The standard InChI is InChI=1S/C19H24N4O2.C14H16N4.ClH/c1-19(2,3)25-18(24)23-13-11-22(12-14-23)16-7-5-15(6-8-16)17-20-9-4-10-21-17;1-6-16-14(17-7-1)12-2-4-13(5-3-12)18-10-8-15-9-11-18;/h4-10H,11-14H2,1-3H3;1-7,15H,8-11H2;1H. The van der Waals surface area contributed by atoms with Crippen LogP contribution in [0.2, 0.25) is 0 Å². The highest BCUT2D eigenvalue weighted by molar-refractivity contribution is 5.85. The molecule has 2 saturated heterocycles.